The lowest BCUT2D eigenvalue weighted by Crippen LogP contribution is -2.22. The second kappa shape index (κ2) is 9.28. The van der Waals surface area contributed by atoms with E-state index in [0.29, 0.717) is 16.6 Å². The molecule has 1 heterocycles. The first-order chi connectivity index (χ1) is 13.9. The first-order valence-corrected chi connectivity index (χ1v) is 10.9. The molecule has 2 aromatic carbocycles. The first kappa shape index (κ1) is 21.1. The molecule has 0 aliphatic rings. The molecule has 0 aliphatic heterocycles. The third-order valence-electron chi connectivity index (χ3n) is 4.51. The maximum Gasteiger partial charge on any atom is 0.237 e. The van der Waals surface area contributed by atoms with Crippen molar-refractivity contribution in [3.63, 3.8) is 0 Å². The van der Waals surface area contributed by atoms with Gasteiger partial charge < -0.3 is 15.4 Å². The molecule has 0 radical (unpaired) electrons. The van der Waals surface area contributed by atoms with Gasteiger partial charge in [-0.25, -0.2) is 0 Å². The van der Waals surface area contributed by atoms with E-state index >= 15 is 0 Å². The molecule has 3 rings (SSSR count). The smallest absolute Gasteiger partial charge is 0.237 e. The molecule has 1 aromatic heterocycles. The van der Waals surface area contributed by atoms with E-state index in [1.54, 1.807) is 7.11 Å². The molecule has 152 valence electrons. The monoisotopic (exact) mass is 428 g/mol. The van der Waals surface area contributed by atoms with Gasteiger partial charge in [0, 0.05) is 5.69 Å². The van der Waals surface area contributed by atoms with Gasteiger partial charge in [0.2, 0.25) is 11.0 Å². The van der Waals surface area contributed by atoms with Gasteiger partial charge in [-0.05, 0) is 62.6 Å². The predicted octanol–water partition coefficient (Wildman–Crippen LogP) is 5.33. The third kappa shape index (κ3) is 5.27. The van der Waals surface area contributed by atoms with Crippen LogP contribution in [0.1, 0.15) is 23.6 Å². The minimum Gasteiger partial charge on any atom is -0.495 e. The Hall–Kier alpha value is -2.58. The number of carbonyl (C=O) groups is 1. The molecule has 1 atom stereocenters. The van der Waals surface area contributed by atoms with Crippen LogP contribution in [0.2, 0.25) is 0 Å². The fraction of sp³-hybridized carbons (Fsp3) is 0.286. The number of nitrogens with one attached hydrogen (secondary N) is 2. The van der Waals surface area contributed by atoms with Crippen molar-refractivity contribution in [3.8, 4) is 5.75 Å². The maximum absolute atomic E-state index is 12.6. The summed E-state index contributed by atoms with van der Waals surface area (Å²) in [6, 6.07) is 11.8. The van der Waals surface area contributed by atoms with Crippen molar-refractivity contribution in [3.05, 3.63) is 53.1 Å². The van der Waals surface area contributed by atoms with Crippen molar-refractivity contribution in [1.29, 1.82) is 0 Å². The predicted molar refractivity (Wildman–Crippen MR) is 121 cm³/mol. The summed E-state index contributed by atoms with van der Waals surface area (Å²) in [5, 5.41) is 15.0. The quantitative estimate of drug-likeness (QED) is 0.495. The van der Waals surface area contributed by atoms with Crippen molar-refractivity contribution >= 4 is 45.5 Å². The minimum absolute atomic E-state index is 0.113. The summed E-state index contributed by atoms with van der Waals surface area (Å²) in [4.78, 5) is 12.6. The Morgan fingerprint density at radius 1 is 1.14 bits per heavy atom. The number of hydrogen-bond acceptors (Lipinski definition) is 7. The summed E-state index contributed by atoms with van der Waals surface area (Å²) in [7, 11) is 1.59. The summed E-state index contributed by atoms with van der Waals surface area (Å²) < 4.78 is 6.06. The number of anilines is 3. The normalized spacial score (nSPS) is 11.8. The highest BCUT2D eigenvalue weighted by molar-refractivity contribution is 8.02. The van der Waals surface area contributed by atoms with Crippen molar-refractivity contribution in [2.75, 3.05) is 17.7 Å². The van der Waals surface area contributed by atoms with E-state index in [2.05, 4.69) is 40.7 Å². The lowest BCUT2D eigenvalue weighted by atomic mass is 10.1. The molecular formula is C21H24N4O2S2. The summed E-state index contributed by atoms with van der Waals surface area (Å²) in [5.74, 6) is 0.523. The highest BCUT2D eigenvalue weighted by atomic mass is 32.2. The van der Waals surface area contributed by atoms with Crippen LogP contribution in [0.5, 0.6) is 5.75 Å². The number of nitrogens with zero attached hydrogens (tertiary/aromatic N) is 2. The molecule has 6 nitrogen and oxygen atoms in total. The summed E-state index contributed by atoms with van der Waals surface area (Å²) in [5.41, 5.74) is 5.12. The molecule has 0 saturated carbocycles. The number of hydrogen-bond donors (Lipinski definition) is 2. The van der Waals surface area contributed by atoms with E-state index in [-0.39, 0.29) is 11.2 Å². The van der Waals surface area contributed by atoms with Crippen LogP contribution in [-0.2, 0) is 4.79 Å². The molecule has 3 aromatic rings. The first-order valence-electron chi connectivity index (χ1n) is 9.16. The molecule has 29 heavy (non-hydrogen) atoms. The van der Waals surface area contributed by atoms with Crippen LogP contribution in [0.15, 0.2) is 40.7 Å². The van der Waals surface area contributed by atoms with Crippen LogP contribution in [0.3, 0.4) is 0 Å². The van der Waals surface area contributed by atoms with E-state index in [4.69, 9.17) is 4.74 Å². The molecule has 1 unspecified atom stereocenters. The van der Waals surface area contributed by atoms with Crippen LogP contribution in [-0.4, -0.2) is 28.5 Å². The fourth-order valence-corrected chi connectivity index (χ4v) is 4.58. The Balaban J connectivity index is 1.64. The summed E-state index contributed by atoms with van der Waals surface area (Å²) in [6.45, 7) is 7.96. The van der Waals surface area contributed by atoms with Gasteiger partial charge in [0.25, 0.3) is 0 Å². The van der Waals surface area contributed by atoms with Crippen LogP contribution in [0.4, 0.5) is 16.5 Å². The topological polar surface area (TPSA) is 76.1 Å². The summed E-state index contributed by atoms with van der Waals surface area (Å²) >= 11 is 2.81. The zero-order valence-corrected chi connectivity index (χ0v) is 18.7. The molecule has 1 amide bonds. The van der Waals surface area contributed by atoms with Gasteiger partial charge >= 0.3 is 0 Å². The third-order valence-corrected chi connectivity index (χ3v) is 6.54. The Bertz CT molecular complexity index is 1020. The summed E-state index contributed by atoms with van der Waals surface area (Å²) in [6.07, 6.45) is 0. The number of thioether (sulfide) groups is 1. The van der Waals surface area contributed by atoms with E-state index < -0.39 is 0 Å². The number of benzene rings is 2. The van der Waals surface area contributed by atoms with E-state index in [0.717, 1.165) is 15.6 Å². The maximum atomic E-state index is 12.6. The van der Waals surface area contributed by atoms with Crippen LogP contribution in [0, 0.1) is 20.8 Å². The van der Waals surface area contributed by atoms with Gasteiger partial charge in [-0.2, -0.15) is 0 Å². The van der Waals surface area contributed by atoms with Crippen molar-refractivity contribution in [2.24, 2.45) is 0 Å². The average Bonchev–Trinajstić information content (AvgIpc) is 3.12. The SMILES string of the molecule is COc1ccc(C)cc1NC(=O)C(C)Sc1nnc(Nc2cccc(C)c2C)s1. The van der Waals surface area contributed by atoms with Crippen LogP contribution in [0.25, 0.3) is 0 Å². The molecule has 0 bridgehead atoms. The van der Waals surface area contributed by atoms with Crippen molar-refractivity contribution in [1.82, 2.24) is 10.2 Å². The molecule has 0 spiro atoms. The standard InChI is InChI=1S/C21H24N4O2S2/c1-12-9-10-18(27-5)17(11-12)22-19(26)15(4)28-21-25-24-20(29-21)23-16-8-6-7-13(2)14(16)3/h6-11,15H,1-5H3,(H,22,26)(H,23,24). The van der Waals surface area contributed by atoms with E-state index in [9.17, 15) is 4.79 Å². The highest BCUT2D eigenvalue weighted by Crippen LogP contribution is 2.32. The number of ether oxygens (including phenoxy) is 1. The number of methoxy groups -OCH3 is 1. The molecule has 0 fully saturated rings. The van der Waals surface area contributed by atoms with Crippen LogP contribution >= 0.6 is 23.1 Å². The number of aryl methyl sites for hydroxylation is 2. The van der Waals surface area contributed by atoms with Gasteiger partial charge in [0.1, 0.15) is 5.75 Å². The Labute approximate surface area is 179 Å². The minimum atomic E-state index is -0.332. The number of rotatable bonds is 7. The number of amides is 1. The molecule has 0 aliphatic carbocycles. The lowest BCUT2D eigenvalue weighted by molar-refractivity contribution is -0.115. The van der Waals surface area contributed by atoms with E-state index in [1.807, 2.05) is 44.2 Å². The number of carbonyl (C=O) groups excluding carboxylic acids is 1. The van der Waals surface area contributed by atoms with Gasteiger partial charge in [-0.15, -0.1) is 10.2 Å². The van der Waals surface area contributed by atoms with Gasteiger partial charge in [-0.3, -0.25) is 4.79 Å². The molecular weight excluding hydrogens is 404 g/mol. The zero-order chi connectivity index (χ0) is 21.0. The van der Waals surface area contributed by atoms with Gasteiger partial charge in [0.15, 0.2) is 4.34 Å². The van der Waals surface area contributed by atoms with E-state index in [1.165, 1.54) is 34.2 Å². The largest absolute Gasteiger partial charge is 0.495 e. The zero-order valence-electron chi connectivity index (χ0n) is 17.1. The Kier molecular flexibility index (Phi) is 6.76. The molecule has 0 saturated heterocycles. The fourth-order valence-electron chi connectivity index (χ4n) is 2.67. The number of aromatic nitrogens is 2. The molecule has 2 N–H and O–H groups in total. The van der Waals surface area contributed by atoms with Crippen LogP contribution < -0.4 is 15.4 Å². The second-order valence-corrected chi connectivity index (χ2v) is 9.26. The van der Waals surface area contributed by atoms with Gasteiger partial charge in [-0.1, -0.05) is 41.3 Å². The lowest BCUT2D eigenvalue weighted by Gasteiger charge is -2.13. The van der Waals surface area contributed by atoms with Crippen molar-refractivity contribution < 1.29 is 9.53 Å². The molecule has 8 heteroatoms. The Morgan fingerprint density at radius 3 is 2.69 bits per heavy atom. The highest BCUT2D eigenvalue weighted by Gasteiger charge is 2.19. The van der Waals surface area contributed by atoms with Gasteiger partial charge in [0.05, 0.1) is 18.0 Å². The average molecular weight is 429 g/mol. The Morgan fingerprint density at radius 2 is 1.93 bits per heavy atom. The second-order valence-electron chi connectivity index (χ2n) is 6.70. The van der Waals surface area contributed by atoms with Crippen molar-refractivity contribution in [2.45, 2.75) is 37.3 Å².